The number of rotatable bonds is 5. The number of hydrogen-bond acceptors (Lipinski definition) is 1. The molecule has 0 aliphatic carbocycles. The molecule has 0 bridgehead atoms. The second kappa shape index (κ2) is 6.58. The summed E-state index contributed by atoms with van der Waals surface area (Å²) in [6.07, 6.45) is 2.19. The van der Waals surface area contributed by atoms with Crippen LogP contribution in [0.25, 0.3) is 11.3 Å². The molecule has 0 N–H and O–H groups in total. The van der Waals surface area contributed by atoms with Gasteiger partial charge in [0, 0.05) is 0 Å². The molecule has 1 nitrogen and oxygen atoms in total. The molecule has 1 aromatic heterocycles. The third kappa shape index (κ3) is 2.83. The molecule has 0 unspecified atom stereocenters. The average molecular weight is 328 g/mol. The van der Waals surface area contributed by atoms with Gasteiger partial charge < -0.3 is 0 Å². The van der Waals surface area contributed by atoms with E-state index in [1.165, 1.54) is 26.9 Å². The van der Waals surface area contributed by atoms with Gasteiger partial charge in [-0.25, -0.2) is 0 Å². The molecular weight excluding hydrogens is 303 g/mol. The first-order valence-electron chi connectivity index (χ1n) is 7.69. The molecule has 0 amide bonds. The molecule has 2 heteroatoms. The predicted molar refractivity (Wildman–Crippen MR) is 91.2 cm³/mol. The molecule has 1 heterocycles. The van der Waals surface area contributed by atoms with Crippen molar-refractivity contribution in [1.82, 2.24) is 4.98 Å². The second-order valence-corrected chi connectivity index (χ2v) is 16.5. The molecule has 2 rings (SSSR count). The molecule has 2 aromatic rings. The Kier molecular flexibility index (Phi) is 5.03. The van der Waals surface area contributed by atoms with Crippen LogP contribution in [0.4, 0.5) is 0 Å². The van der Waals surface area contributed by atoms with Crippen molar-refractivity contribution in [2.24, 2.45) is 0 Å². The van der Waals surface area contributed by atoms with Crippen LogP contribution < -0.4 is 4.40 Å². The Morgan fingerprint density at radius 1 is 0.950 bits per heavy atom. The van der Waals surface area contributed by atoms with Crippen LogP contribution in [0.15, 0.2) is 42.6 Å². The Hall–Kier alpha value is -1.09. The number of aromatic nitrogens is 1. The molecule has 0 aliphatic rings. The first kappa shape index (κ1) is 15.3. The fourth-order valence-electron chi connectivity index (χ4n) is 3.20. The Morgan fingerprint density at radius 3 is 2.05 bits per heavy atom. The zero-order valence-electron chi connectivity index (χ0n) is 13.1. The van der Waals surface area contributed by atoms with Gasteiger partial charge in [-0.2, -0.15) is 0 Å². The number of nitrogens with zero attached hydrogens (tertiary/aromatic N) is 1. The van der Waals surface area contributed by atoms with E-state index in [1.807, 2.05) is 0 Å². The monoisotopic (exact) mass is 329 g/mol. The summed E-state index contributed by atoms with van der Waals surface area (Å²) >= 11 is -1.89. The molecule has 106 valence electrons. The normalized spacial score (nSPS) is 11.6. The van der Waals surface area contributed by atoms with Gasteiger partial charge in [-0.3, -0.25) is 0 Å². The van der Waals surface area contributed by atoms with Crippen molar-refractivity contribution in [3.05, 3.63) is 48.2 Å². The molecule has 0 fully saturated rings. The standard InChI is InChI=1S/C18H25GeN/c1-5-19(6-2,7-3)17-14-20-18(13-15(17)4)16-11-9-8-10-12-16/h8-14H,5-7H2,1-4H3. The summed E-state index contributed by atoms with van der Waals surface area (Å²) in [4.78, 5) is 4.77. The number of hydrogen-bond donors (Lipinski definition) is 0. The number of benzene rings is 1. The summed E-state index contributed by atoms with van der Waals surface area (Å²) in [5.41, 5.74) is 3.76. The van der Waals surface area contributed by atoms with Gasteiger partial charge in [0.2, 0.25) is 0 Å². The van der Waals surface area contributed by atoms with Gasteiger partial charge in [0.15, 0.2) is 0 Å². The predicted octanol–water partition coefficient (Wildman–Crippen LogP) is 4.77. The summed E-state index contributed by atoms with van der Waals surface area (Å²) in [6, 6.07) is 12.8. The van der Waals surface area contributed by atoms with Crippen LogP contribution in [-0.2, 0) is 0 Å². The van der Waals surface area contributed by atoms with Gasteiger partial charge in [-0.1, -0.05) is 0 Å². The van der Waals surface area contributed by atoms with E-state index in [2.05, 4.69) is 70.3 Å². The molecule has 0 saturated heterocycles. The number of pyridine rings is 1. The van der Waals surface area contributed by atoms with Crippen molar-refractivity contribution >= 4 is 17.7 Å². The van der Waals surface area contributed by atoms with Gasteiger partial charge in [0.05, 0.1) is 0 Å². The van der Waals surface area contributed by atoms with E-state index < -0.39 is 13.3 Å². The molecular formula is C18H25GeN. The number of aryl methyl sites for hydroxylation is 1. The van der Waals surface area contributed by atoms with Crippen LogP contribution in [0.3, 0.4) is 0 Å². The summed E-state index contributed by atoms with van der Waals surface area (Å²) in [5.74, 6) is 0. The zero-order chi connectivity index (χ0) is 14.6. The van der Waals surface area contributed by atoms with Crippen molar-refractivity contribution in [2.45, 2.75) is 43.5 Å². The molecule has 0 saturated carbocycles. The molecule has 1 aromatic carbocycles. The van der Waals surface area contributed by atoms with Crippen molar-refractivity contribution in [3.8, 4) is 11.3 Å². The van der Waals surface area contributed by atoms with Gasteiger partial charge in [0.1, 0.15) is 0 Å². The van der Waals surface area contributed by atoms with Crippen molar-refractivity contribution in [2.75, 3.05) is 0 Å². The van der Waals surface area contributed by atoms with E-state index in [0.29, 0.717) is 0 Å². The van der Waals surface area contributed by atoms with Gasteiger partial charge in [-0.15, -0.1) is 0 Å². The van der Waals surface area contributed by atoms with Gasteiger partial charge >= 0.3 is 126 Å². The fraction of sp³-hybridized carbons (Fsp3) is 0.389. The van der Waals surface area contributed by atoms with Gasteiger partial charge in [-0.05, 0) is 0 Å². The van der Waals surface area contributed by atoms with Crippen LogP contribution in [0, 0.1) is 6.92 Å². The van der Waals surface area contributed by atoms with Gasteiger partial charge in [0.25, 0.3) is 0 Å². The maximum atomic E-state index is 4.77. The Bertz CT molecular complexity index is 551. The zero-order valence-corrected chi connectivity index (χ0v) is 15.2. The molecule has 0 spiro atoms. The summed E-state index contributed by atoms with van der Waals surface area (Å²) in [6.45, 7) is 9.39. The van der Waals surface area contributed by atoms with Crippen LogP contribution in [0.1, 0.15) is 26.3 Å². The van der Waals surface area contributed by atoms with Crippen LogP contribution >= 0.6 is 0 Å². The molecule has 0 atom stereocenters. The van der Waals surface area contributed by atoms with E-state index in [-0.39, 0.29) is 0 Å². The quantitative estimate of drug-likeness (QED) is 0.721. The topological polar surface area (TPSA) is 12.9 Å². The third-order valence-corrected chi connectivity index (χ3v) is 16.8. The van der Waals surface area contributed by atoms with E-state index >= 15 is 0 Å². The Morgan fingerprint density at radius 2 is 1.55 bits per heavy atom. The van der Waals surface area contributed by atoms with E-state index in [4.69, 9.17) is 4.98 Å². The molecule has 0 radical (unpaired) electrons. The molecule has 0 aliphatic heterocycles. The van der Waals surface area contributed by atoms with Crippen LogP contribution in [0.2, 0.25) is 15.8 Å². The first-order valence-corrected chi connectivity index (χ1v) is 13.2. The Labute approximate surface area is 125 Å². The second-order valence-electron chi connectivity index (χ2n) is 5.59. The fourth-order valence-corrected chi connectivity index (χ4v) is 11.4. The van der Waals surface area contributed by atoms with Crippen molar-refractivity contribution < 1.29 is 0 Å². The minimum absolute atomic E-state index is 1.10. The SMILES string of the molecule is C[CH2][Ge]([CH2]C)([CH2]C)[c]1cnc(-c2ccccc2)cc1C. The average Bonchev–Trinajstić information content (AvgIpc) is 2.51. The van der Waals surface area contributed by atoms with Crippen LogP contribution in [0.5, 0.6) is 0 Å². The maximum absolute atomic E-state index is 4.77. The summed E-state index contributed by atoms with van der Waals surface area (Å²) in [5, 5.41) is 4.08. The van der Waals surface area contributed by atoms with E-state index in [1.54, 1.807) is 4.40 Å². The summed E-state index contributed by atoms with van der Waals surface area (Å²) in [7, 11) is 0. The van der Waals surface area contributed by atoms with Crippen molar-refractivity contribution in [1.29, 1.82) is 0 Å². The minimum atomic E-state index is -1.89. The third-order valence-electron chi connectivity index (χ3n) is 4.78. The Balaban J connectivity index is 2.45. The van der Waals surface area contributed by atoms with E-state index in [9.17, 15) is 0 Å². The van der Waals surface area contributed by atoms with Crippen molar-refractivity contribution in [3.63, 3.8) is 0 Å². The van der Waals surface area contributed by atoms with E-state index in [0.717, 1.165) is 5.69 Å². The summed E-state index contributed by atoms with van der Waals surface area (Å²) < 4.78 is 1.61. The first-order chi connectivity index (χ1) is 9.66. The molecule has 20 heavy (non-hydrogen) atoms. The van der Waals surface area contributed by atoms with Crippen LogP contribution in [-0.4, -0.2) is 18.3 Å².